The van der Waals surface area contributed by atoms with E-state index >= 15 is 0 Å². The number of methoxy groups -OCH3 is 2. The third-order valence-corrected chi connectivity index (χ3v) is 3.85. The van der Waals surface area contributed by atoms with Gasteiger partial charge in [0.05, 0.1) is 30.8 Å². The van der Waals surface area contributed by atoms with Crippen molar-refractivity contribution in [1.29, 1.82) is 0 Å². The molecular weight excluding hydrogens is 288 g/mol. The molecule has 0 radical (unpaired) electrons. The highest BCUT2D eigenvalue weighted by atomic mass is 16.5. The summed E-state index contributed by atoms with van der Waals surface area (Å²) in [5.41, 5.74) is 4.21. The van der Waals surface area contributed by atoms with Gasteiger partial charge in [0, 0.05) is 0 Å². The number of aromatic nitrogens is 2. The Kier molecular flexibility index (Phi) is 4.24. The Morgan fingerprint density at radius 3 is 2.57 bits per heavy atom. The zero-order valence-corrected chi connectivity index (χ0v) is 14.0. The predicted octanol–water partition coefficient (Wildman–Crippen LogP) is 4.45. The minimum Gasteiger partial charge on any atom is -0.497 e. The summed E-state index contributed by atoms with van der Waals surface area (Å²) in [6.07, 6.45) is 1.06. The topological polar surface area (TPSA) is 47.1 Å². The summed E-state index contributed by atoms with van der Waals surface area (Å²) in [4.78, 5) is 8.12. The monoisotopic (exact) mass is 310 g/mol. The van der Waals surface area contributed by atoms with Gasteiger partial charge in [0.25, 0.3) is 0 Å². The third kappa shape index (κ3) is 3.16. The smallest absolute Gasteiger partial charge is 0.142 e. The number of nitrogens with one attached hydrogen (secondary N) is 1. The first-order chi connectivity index (χ1) is 11.1. The van der Waals surface area contributed by atoms with Crippen LogP contribution < -0.4 is 9.47 Å². The van der Waals surface area contributed by atoms with Crippen molar-refractivity contribution in [3.8, 4) is 22.9 Å². The molecule has 0 atom stereocenters. The van der Waals surface area contributed by atoms with Crippen molar-refractivity contribution >= 4 is 11.0 Å². The Hall–Kier alpha value is -2.49. The van der Waals surface area contributed by atoms with Crippen LogP contribution in [0, 0.1) is 5.92 Å². The second-order valence-corrected chi connectivity index (χ2v) is 6.10. The molecule has 0 aliphatic carbocycles. The number of nitrogens with zero attached hydrogens (tertiary/aromatic N) is 1. The van der Waals surface area contributed by atoms with E-state index in [-0.39, 0.29) is 0 Å². The number of imidazole rings is 1. The Morgan fingerprint density at radius 2 is 1.87 bits per heavy atom. The molecule has 3 rings (SSSR count). The molecule has 4 heteroatoms. The van der Waals surface area contributed by atoms with E-state index in [9.17, 15) is 0 Å². The van der Waals surface area contributed by atoms with Crippen LogP contribution in [0.25, 0.3) is 22.4 Å². The number of benzene rings is 2. The summed E-state index contributed by atoms with van der Waals surface area (Å²) in [5, 5.41) is 0. The number of ether oxygens (including phenoxy) is 2. The van der Waals surface area contributed by atoms with Crippen LogP contribution in [0.5, 0.6) is 11.5 Å². The summed E-state index contributed by atoms with van der Waals surface area (Å²) < 4.78 is 10.8. The number of rotatable bonds is 5. The van der Waals surface area contributed by atoms with Crippen LogP contribution in [0.3, 0.4) is 0 Å². The SMILES string of the molecule is COc1ccc(OC)c(-c2nc3cc(CC(C)C)ccc3[nH]2)c1. The maximum Gasteiger partial charge on any atom is 0.142 e. The van der Waals surface area contributed by atoms with E-state index in [4.69, 9.17) is 14.5 Å². The quantitative estimate of drug-likeness (QED) is 0.757. The lowest BCUT2D eigenvalue weighted by Crippen LogP contribution is -1.93. The lowest BCUT2D eigenvalue weighted by Gasteiger charge is -2.08. The molecule has 4 nitrogen and oxygen atoms in total. The Bertz CT molecular complexity index is 821. The largest absolute Gasteiger partial charge is 0.497 e. The molecule has 0 unspecified atom stereocenters. The fourth-order valence-corrected chi connectivity index (χ4v) is 2.78. The number of hydrogen-bond donors (Lipinski definition) is 1. The molecular formula is C19H22N2O2. The van der Waals surface area contributed by atoms with Gasteiger partial charge in [0.1, 0.15) is 17.3 Å². The highest BCUT2D eigenvalue weighted by molar-refractivity contribution is 5.81. The number of aromatic amines is 1. The van der Waals surface area contributed by atoms with Crippen LogP contribution in [0.4, 0.5) is 0 Å². The molecule has 1 N–H and O–H groups in total. The van der Waals surface area contributed by atoms with Crippen LogP contribution in [0.1, 0.15) is 19.4 Å². The van der Waals surface area contributed by atoms with E-state index in [0.29, 0.717) is 5.92 Å². The van der Waals surface area contributed by atoms with Crippen LogP contribution in [-0.2, 0) is 6.42 Å². The molecule has 2 aromatic carbocycles. The van der Waals surface area contributed by atoms with Gasteiger partial charge in [-0.05, 0) is 48.2 Å². The fraction of sp³-hybridized carbons (Fsp3) is 0.316. The summed E-state index contributed by atoms with van der Waals surface area (Å²) >= 11 is 0. The molecule has 0 spiro atoms. The van der Waals surface area contributed by atoms with E-state index in [2.05, 4.69) is 37.0 Å². The first kappa shape index (κ1) is 15.4. The van der Waals surface area contributed by atoms with Gasteiger partial charge in [0.15, 0.2) is 0 Å². The van der Waals surface area contributed by atoms with Gasteiger partial charge in [-0.2, -0.15) is 0 Å². The average molecular weight is 310 g/mol. The predicted molar refractivity (Wildman–Crippen MR) is 93.2 cm³/mol. The molecule has 1 aromatic heterocycles. The molecule has 1 heterocycles. The van der Waals surface area contributed by atoms with Gasteiger partial charge in [0.2, 0.25) is 0 Å². The Balaban J connectivity index is 2.06. The number of fused-ring (bicyclic) bond motifs is 1. The summed E-state index contributed by atoms with van der Waals surface area (Å²) in [5.74, 6) is 2.97. The van der Waals surface area contributed by atoms with E-state index in [1.807, 2.05) is 18.2 Å². The van der Waals surface area contributed by atoms with Crippen LogP contribution in [0.2, 0.25) is 0 Å². The van der Waals surface area contributed by atoms with E-state index in [1.54, 1.807) is 14.2 Å². The summed E-state index contributed by atoms with van der Waals surface area (Å²) in [6, 6.07) is 12.1. The maximum absolute atomic E-state index is 5.46. The molecule has 0 saturated carbocycles. The van der Waals surface area contributed by atoms with Crippen molar-refractivity contribution in [3.63, 3.8) is 0 Å². The zero-order valence-electron chi connectivity index (χ0n) is 14.0. The van der Waals surface area contributed by atoms with Crippen molar-refractivity contribution in [2.24, 2.45) is 5.92 Å². The van der Waals surface area contributed by atoms with Crippen LogP contribution in [0.15, 0.2) is 36.4 Å². The van der Waals surface area contributed by atoms with Crippen molar-refractivity contribution in [2.75, 3.05) is 14.2 Å². The summed E-state index contributed by atoms with van der Waals surface area (Å²) in [6.45, 7) is 4.45. The first-order valence-electron chi connectivity index (χ1n) is 7.81. The second kappa shape index (κ2) is 6.32. The van der Waals surface area contributed by atoms with Crippen LogP contribution >= 0.6 is 0 Å². The third-order valence-electron chi connectivity index (χ3n) is 3.85. The van der Waals surface area contributed by atoms with Gasteiger partial charge in [-0.1, -0.05) is 19.9 Å². The van der Waals surface area contributed by atoms with Gasteiger partial charge in [-0.3, -0.25) is 0 Å². The average Bonchev–Trinajstić information content (AvgIpc) is 2.96. The Labute approximate surface area is 136 Å². The molecule has 0 aliphatic heterocycles. The molecule has 120 valence electrons. The molecule has 0 saturated heterocycles. The first-order valence-corrected chi connectivity index (χ1v) is 7.81. The normalized spacial score (nSPS) is 11.2. The number of hydrogen-bond acceptors (Lipinski definition) is 3. The van der Waals surface area contributed by atoms with E-state index in [1.165, 1.54) is 5.56 Å². The van der Waals surface area contributed by atoms with Crippen molar-refractivity contribution in [2.45, 2.75) is 20.3 Å². The van der Waals surface area contributed by atoms with Crippen molar-refractivity contribution in [3.05, 3.63) is 42.0 Å². The molecule has 3 aromatic rings. The zero-order chi connectivity index (χ0) is 16.4. The standard InChI is InChI=1S/C19H22N2O2/c1-12(2)9-13-5-7-16-17(10-13)21-19(20-16)15-11-14(22-3)6-8-18(15)23-4/h5-8,10-12H,9H2,1-4H3,(H,20,21). The van der Waals surface area contributed by atoms with Crippen molar-refractivity contribution in [1.82, 2.24) is 9.97 Å². The van der Waals surface area contributed by atoms with Gasteiger partial charge in [-0.25, -0.2) is 4.98 Å². The lowest BCUT2D eigenvalue weighted by molar-refractivity contribution is 0.404. The minimum atomic E-state index is 0.629. The van der Waals surface area contributed by atoms with Gasteiger partial charge >= 0.3 is 0 Å². The molecule has 23 heavy (non-hydrogen) atoms. The molecule has 0 fully saturated rings. The summed E-state index contributed by atoms with van der Waals surface area (Å²) in [7, 11) is 3.32. The molecule has 0 bridgehead atoms. The number of H-pyrrole nitrogens is 1. The van der Waals surface area contributed by atoms with Gasteiger partial charge in [-0.15, -0.1) is 0 Å². The molecule has 0 amide bonds. The second-order valence-electron chi connectivity index (χ2n) is 6.10. The maximum atomic E-state index is 5.46. The van der Waals surface area contributed by atoms with Crippen molar-refractivity contribution < 1.29 is 9.47 Å². The van der Waals surface area contributed by atoms with E-state index in [0.717, 1.165) is 40.3 Å². The lowest BCUT2D eigenvalue weighted by atomic mass is 10.0. The Morgan fingerprint density at radius 1 is 1.04 bits per heavy atom. The highest BCUT2D eigenvalue weighted by Gasteiger charge is 2.12. The molecule has 0 aliphatic rings. The minimum absolute atomic E-state index is 0.629. The van der Waals surface area contributed by atoms with Crippen LogP contribution in [-0.4, -0.2) is 24.2 Å². The van der Waals surface area contributed by atoms with E-state index < -0.39 is 0 Å². The highest BCUT2D eigenvalue weighted by Crippen LogP contribution is 2.33. The fourth-order valence-electron chi connectivity index (χ4n) is 2.78. The van der Waals surface area contributed by atoms with Gasteiger partial charge < -0.3 is 14.5 Å².